The average molecular weight is 534 g/mol. The second-order valence-corrected chi connectivity index (χ2v) is 13.4. The Hall–Kier alpha value is -2.21. The van der Waals surface area contributed by atoms with Crippen molar-refractivity contribution in [2.45, 2.75) is 109 Å². The molecule has 1 heterocycles. The molecule has 0 radical (unpaired) electrons. The minimum atomic E-state index is -1.29. The van der Waals surface area contributed by atoms with Gasteiger partial charge in [0, 0.05) is 25.4 Å². The van der Waals surface area contributed by atoms with Crippen LogP contribution in [0.5, 0.6) is 0 Å². The maximum absolute atomic E-state index is 13.2. The van der Waals surface area contributed by atoms with Gasteiger partial charge in [0.05, 0.1) is 12.2 Å². The van der Waals surface area contributed by atoms with E-state index >= 15 is 0 Å². The Morgan fingerprint density at radius 2 is 1.90 bits per heavy atom. The predicted molar refractivity (Wildman–Crippen MR) is 155 cm³/mol. The number of nitrogens with zero attached hydrogens (tertiary/aromatic N) is 1. The first-order chi connectivity index (χ1) is 18.5. The van der Waals surface area contributed by atoms with Crippen molar-refractivity contribution in [2.75, 3.05) is 0 Å². The van der Waals surface area contributed by atoms with Crippen LogP contribution in [0.4, 0.5) is 0 Å². The molecule has 4 fully saturated rings. The Balaban J connectivity index is 1.31. The lowest BCUT2D eigenvalue weighted by molar-refractivity contribution is -0.142. The third-order valence-electron chi connectivity index (χ3n) is 10.6. The number of likely N-dealkylation sites (tertiary alicyclic amines) is 1. The first-order valence-corrected chi connectivity index (χ1v) is 15.0. The third kappa shape index (κ3) is 5.55. The number of benzene rings is 1. The van der Waals surface area contributed by atoms with Crippen molar-refractivity contribution >= 4 is 5.91 Å². The SMILES string of the molecule is C=C1/C(=C\C=C2/CCC[C@@]3(C)C2CC[C@@H]3[C@H](C)C[C@@H]2C[C@](C)(O)C(=O)N2Cc2ccccc2)C[C@@H](O)C[C@@H]1O. The van der Waals surface area contributed by atoms with Gasteiger partial charge in [0.25, 0.3) is 5.91 Å². The summed E-state index contributed by atoms with van der Waals surface area (Å²) in [6.07, 6.45) is 11.4. The highest BCUT2D eigenvalue weighted by Crippen LogP contribution is 2.60. The number of allylic oxidation sites excluding steroid dienone is 3. The van der Waals surface area contributed by atoms with Gasteiger partial charge in [-0.25, -0.2) is 0 Å². The number of hydrogen-bond acceptors (Lipinski definition) is 4. The molecule has 0 spiro atoms. The number of fused-ring (bicyclic) bond motifs is 1. The molecule has 1 aromatic carbocycles. The van der Waals surface area contributed by atoms with Crippen LogP contribution in [0.1, 0.15) is 84.1 Å². The number of hydrogen-bond donors (Lipinski definition) is 3. The van der Waals surface area contributed by atoms with Crippen molar-refractivity contribution in [3.05, 3.63) is 71.3 Å². The second-order valence-electron chi connectivity index (χ2n) is 13.4. The molecule has 1 amide bonds. The van der Waals surface area contributed by atoms with Gasteiger partial charge >= 0.3 is 0 Å². The van der Waals surface area contributed by atoms with E-state index in [0.717, 1.165) is 29.6 Å². The minimum absolute atomic E-state index is 0.0452. The fourth-order valence-electron chi connectivity index (χ4n) is 8.60. The summed E-state index contributed by atoms with van der Waals surface area (Å²) in [6.45, 7) is 11.2. The van der Waals surface area contributed by atoms with Crippen molar-refractivity contribution in [3.8, 4) is 0 Å². The van der Waals surface area contributed by atoms with Crippen LogP contribution < -0.4 is 0 Å². The van der Waals surface area contributed by atoms with E-state index in [1.54, 1.807) is 6.92 Å². The summed E-state index contributed by atoms with van der Waals surface area (Å²) in [5, 5.41) is 31.3. The molecule has 1 unspecified atom stereocenters. The molecule has 0 aromatic heterocycles. The van der Waals surface area contributed by atoms with E-state index in [1.165, 1.54) is 31.3 Å². The molecular weight excluding hydrogens is 486 g/mol. The normalized spacial score (nSPS) is 39.9. The molecule has 5 heteroatoms. The minimum Gasteiger partial charge on any atom is -0.393 e. The van der Waals surface area contributed by atoms with Crippen molar-refractivity contribution in [1.82, 2.24) is 4.90 Å². The molecule has 212 valence electrons. The lowest BCUT2D eigenvalue weighted by atomic mass is 9.60. The third-order valence-corrected chi connectivity index (χ3v) is 10.6. The standard InChI is InChI=1S/C34H47NO4/c1-22(17-27-20-34(4,39)32(38)35(27)21-24-9-6-5-7-10-24)29-14-15-30-25(11-8-16-33(29,30)3)12-13-26-18-28(36)19-31(37)23(26)2/h5-7,9-10,12-13,22,27-31,36-37,39H,2,8,11,14-21H2,1,3-4H3/b25-12+,26-13-/t22-,27-,28-,29-,30?,31+,33-,34+/m1/s1. The van der Waals surface area contributed by atoms with Crippen LogP contribution >= 0.6 is 0 Å². The Bertz CT molecular complexity index is 1140. The van der Waals surface area contributed by atoms with E-state index in [-0.39, 0.29) is 17.4 Å². The second kappa shape index (κ2) is 11.0. The van der Waals surface area contributed by atoms with Crippen molar-refractivity contribution in [2.24, 2.45) is 23.2 Å². The van der Waals surface area contributed by atoms with Crippen LogP contribution in [0.2, 0.25) is 0 Å². The predicted octanol–water partition coefficient (Wildman–Crippen LogP) is 5.71. The summed E-state index contributed by atoms with van der Waals surface area (Å²) >= 11 is 0. The summed E-state index contributed by atoms with van der Waals surface area (Å²) in [5.41, 5.74) is 3.25. The summed E-state index contributed by atoms with van der Waals surface area (Å²) in [7, 11) is 0. The fourth-order valence-corrected chi connectivity index (χ4v) is 8.60. The van der Waals surface area contributed by atoms with E-state index < -0.39 is 17.8 Å². The van der Waals surface area contributed by atoms with Crippen LogP contribution in [-0.2, 0) is 11.3 Å². The number of rotatable bonds is 6. The molecule has 3 N–H and O–H groups in total. The summed E-state index contributed by atoms with van der Waals surface area (Å²) in [6, 6.07) is 10.2. The number of aliphatic hydroxyl groups is 3. The van der Waals surface area contributed by atoms with Crippen molar-refractivity contribution < 1.29 is 20.1 Å². The quantitative estimate of drug-likeness (QED) is 0.438. The lowest BCUT2D eigenvalue weighted by Gasteiger charge is -2.45. The van der Waals surface area contributed by atoms with Crippen LogP contribution in [0.15, 0.2) is 65.8 Å². The van der Waals surface area contributed by atoms with E-state index in [0.29, 0.717) is 43.6 Å². The highest BCUT2D eigenvalue weighted by Gasteiger charge is 2.53. The van der Waals surface area contributed by atoms with Gasteiger partial charge in [-0.3, -0.25) is 4.79 Å². The molecule has 3 aliphatic carbocycles. The van der Waals surface area contributed by atoms with E-state index in [4.69, 9.17) is 0 Å². The van der Waals surface area contributed by atoms with Gasteiger partial charge in [0.1, 0.15) is 5.60 Å². The Kier molecular flexibility index (Phi) is 7.98. The van der Waals surface area contributed by atoms with E-state index in [9.17, 15) is 20.1 Å². The van der Waals surface area contributed by atoms with Gasteiger partial charge in [-0.15, -0.1) is 0 Å². The summed E-state index contributed by atoms with van der Waals surface area (Å²) < 4.78 is 0. The van der Waals surface area contributed by atoms with Crippen LogP contribution in [0.25, 0.3) is 0 Å². The zero-order chi connectivity index (χ0) is 27.9. The monoisotopic (exact) mass is 533 g/mol. The largest absolute Gasteiger partial charge is 0.393 e. The molecule has 3 saturated carbocycles. The fraction of sp³-hybridized carbons (Fsp3) is 0.618. The van der Waals surface area contributed by atoms with Gasteiger partial charge in [-0.1, -0.05) is 68.5 Å². The van der Waals surface area contributed by atoms with Crippen molar-refractivity contribution in [1.29, 1.82) is 0 Å². The highest BCUT2D eigenvalue weighted by molar-refractivity contribution is 5.87. The molecular formula is C34H47NO4. The first-order valence-electron chi connectivity index (χ1n) is 15.0. The van der Waals surface area contributed by atoms with Crippen LogP contribution in [0.3, 0.4) is 0 Å². The van der Waals surface area contributed by atoms with Gasteiger partial charge in [0.15, 0.2) is 0 Å². The van der Waals surface area contributed by atoms with Crippen LogP contribution in [0, 0.1) is 23.2 Å². The maximum atomic E-state index is 13.2. The van der Waals surface area contributed by atoms with Gasteiger partial charge < -0.3 is 20.2 Å². The lowest BCUT2D eigenvalue weighted by Crippen LogP contribution is -2.40. The summed E-state index contributed by atoms with van der Waals surface area (Å²) in [4.78, 5) is 15.1. The zero-order valence-electron chi connectivity index (χ0n) is 24.0. The van der Waals surface area contributed by atoms with E-state index in [2.05, 4.69) is 44.7 Å². The Labute approximate surface area is 234 Å². The zero-order valence-corrected chi connectivity index (χ0v) is 24.0. The van der Waals surface area contributed by atoms with Crippen LogP contribution in [-0.4, -0.2) is 50.0 Å². The molecule has 4 aliphatic rings. The van der Waals surface area contributed by atoms with Gasteiger partial charge in [-0.2, -0.15) is 0 Å². The van der Waals surface area contributed by atoms with Gasteiger partial charge in [-0.05, 0) is 91.7 Å². The number of amides is 1. The van der Waals surface area contributed by atoms with E-state index in [1.807, 2.05) is 23.1 Å². The molecule has 0 bridgehead atoms. The Morgan fingerprint density at radius 1 is 1.15 bits per heavy atom. The first kappa shape index (κ1) is 28.3. The average Bonchev–Trinajstić information content (AvgIpc) is 3.35. The molecule has 5 rings (SSSR count). The Morgan fingerprint density at radius 3 is 2.64 bits per heavy atom. The van der Waals surface area contributed by atoms with Crippen molar-refractivity contribution in [3.63, 3.8) is 0 Å². The molecule has 8 atom stereocenters. The number of aliphatic hydroxyl groups excluding tert-OH is 2. The highest BCUT2D eigenvalue weighted by atomic mass is 16.3. The molecule has 1 aliphatic heterocycles. The molecule has 1 aromatic rings. The van der Waals surface area contributed by atoms with Gasteiger partial charge in [0.2, 0.25) is 0 Å². The summed E-state index contributed by atoms with van der Waals surface area (Å²) in [5.74, 6) is 1.42. The molecule has 1 saturated heterocycles. The molecule has 5 nitrogen and oxygen atoms in total. The maximum Gasteiger partial charge on any atom is 0.254 e. The smallest absolute Gasteiger partial charge is 0.254 e. The molecule has 39 heavy (non-hydrogen) atoms. The number of carbonyl (C=O) groups excluding carboxylic acids is 1. The topological polar surface area (TPSA) is 81.0 Å². The number of carbonyl (C=O) groups is 1.